The van der Waals surface area contributed by atoms with Crippen molar-refractivity contribution in [3.05, 3.63) is 34.6 Å². The van der Waals surface area contributed by atoms with Crippen LogP contribution in [0.2, 0.25) is 5.02 Å². The summed E-state index contributed by atoms with van der Waals surface area (Å²) in [6.45, 7) is 0.519. The molecular weight excluding hydrogens is 311 g/mol. The van der Waals surface area contributed by atoms with Crippen molar-refractivity contribution in [2.24, 2.45) is 0 Å². The summed E-state index contributed by atoms with van der Waals surface area (Å²) in [5.74, 6) is -0.706. The normalized spacial score (nSPS) is 10.2. The number of rotatable bonds is 7. The van der Waals surface area contributed by atoms with Crippen LogP contribution in [0, 0.1) is 5.82 Å². The Labute approximate surface area is 134 Å². The van der Waals surface area contributed by atoms with Crippen LogP contribution in [0.5, 0.6) is 0 Å². The largest absolute Gasteiger partial charge is 0.469 e. The molecule has 0 heterocycles. The highest BCUT2D eigenvalue weighted by atomic mass is 35.5. The molecule has 2 amide bonds. The number of nitrogens with zero attached hydrogens (tertiary/aromatic N) is 1. The zero-order valence-corrected chi connectivity index (χ0v) is 13.5. The van der Waals surface area contributed by atoms with Crippen molar-refractivity contribution in [2.75, 3.05) is 20.7 Å². The maximum atomic E-state index is 13.6. The van der Waals surface area contributed by atoms with Crippen LogP contribution in [0.25, 0.3) is 0 Å². The van der Waals surface area contributed by atoms with E-state index in [2.05, 4.69) is 10.1 Å². The van der Waals surface area contributed by atoms with E-state index in [9.17, 15) is 14.0 Å². The van der Waals surface area contributed by atoms with E-state index < -0.39 is 5.82 Å². The lowest BCUT2D eigenvalue weighted by molar-refractivity contribution is -0.140. The fourth-order valence-electron chi connectivity index (χ4n) is 1.82. The number of amides is 2. The van der Waals surface area contributed by atoms with Gasteiger partial charge in [0.05, 0.1) is 13.7 Å². The number of nitrogens with one attached hydrogen (secondary N) is 1. The first-order valence-electron chi connectivity index (χ1n) is 6.94. The average Bonchev–Trinajstić information content (AvgIpc) is 2.50. The van der Waals surface area contributed by atoms with Crippen LogP contribution in [0.3, 0.4) is 0 Å². The molecule has 1 aromatic rings. The van der Waals surface area contributed by atoms with Gasteiger partial charge in [0.1, 0.15) is 5.82 Å². The Hall–Kier alpha value is -1.82. The van der Waals surface area contributed by atoms with Gasteiger partial charge in [-0.25, -0.2) is 9.18 Å². The van der Waals surface area contributed by atoms with Crippen molar-refractivity contribution in [3.63, 3.8) is 0 Å². The van der Waals surface area contributed by atoms with Crippen molar-refractivity contribution in [3.8, 4) is 0 Å². The monoisotopic (exact) mass is 330 g/mol. The van der Waals surface area contributed by atoms with Gasteiger partial charge in [-0.05, 0) is 25.0 Å². The van der Waals surface area contributed by atoms with Gasteiger partial charge in [-0.2, -0.15) is 0 Å². The Morgan fingerprint density at radius 2 is 2.09 bits per heavy atom. The van der Waals surface area contributed by atoms with E-state index in [1.165, 1.54) is 24.1 Å². The summed E-state index contributed by atoms with van der Waals surface area (Å²) in [6, 6.07) is 4.08. The second-order valence-electron chi connectivity index (χ2n) is 4.82. The van der Waals surface area contributed by atoms with E-state index in [0.717, 1.165) is 0 Å². The summed E-state index contributed by atoms with van der Waals surface area (Å²) in [5, 5.41) is 2.99. The van der Waals surface area contributed by atoms with Crippen molar-refractivity contribution in [2.45, 2.75) is 25.8 Å². The molecule has 122 valence electrons. The third-order valence-corrected chi connectivity index (χ3v) is 3.47. The zero-order chi connectivity index (χ0) is 16.5. The van der Waals surface area contributed by atoms with Crippen molar-refractivity contribution in [1.82, 2.24) is 10.2 Å². The van der Waals surface area contributed by atoms with Gasteiger partial charge in [0, 0.05) is 30.6 Å². The van der Waals surface area contributed by atoms with Crippen molar-refractivity contribution in [1.29, 1.82) is 0 Å². The van der Waals surface area contributed by atoms with E-state index in [-0.39, 0.29) is 29.1 Å². The van der Waals surface area contributed by atoms with Crippen LogP contribution in [0.4, 0.5) is 9.18 Å². The van der Waals surface area contributed by atoms with Gasteiger partial charge in [0.25, 0.3) is 0 Å². The highest BCUT2D eigenvalue weighted by Crippen LogP contribution is 2.20. The zero-order valence-electron chi connectivity index (χ0n) is 12.7. The lowest BCUT2D eigenvalue weighted by Gasteiger charge is -2.19. The Kier molecular flexibility index (Phi) is 7.66. The van der Waals surface area contributed by atoms with Gasteiger partial charge in [-0.15, -0.1) is 0 Å². The first kappa shape index (κ1) is 18.2. The van der Waals surface area contributed by atoms with Crippen LogP contribution in [-0.2, 0) is 16.1 Å². The molecule has 0 unspecified atom stereocenters. The second-order valence-corrected chi connectivity index (χ2v) is 5.23. The Balaban J connectivity index is 2.35. The minimum atomic E-state index is -0.440. The molecule has 0 radical (unpaired) electrons. The van der Waals surface area contributed by atoms with Crippen molar-refractivity contribution < 1.29 is 18.7 Å². The summed E-state index contributed by atoms with van der Waals surface area (Å²) < 4.78 is 18.2. The number of hydrogen-bond acceptors (Lipinski definition) is 3. The third kappa shape index (κ3) is 5.89. The standard InChI is InChI=1S/C15H20ClFN2O3/c1-19(10-11-12(16)6-5-7-13(11)17)15(21)18-9-4-3-8-14(20)22-2/h5-7H,3-4,8-10H2,1-2H3,(H,18,21). The molecule has 1 aromatic carbocycles. The Morgan fingerprint density at radius 1 is 1.36 bits per heavy atom. The summed E-state index contributed by atoms with van der Waals surface area (Å²) in [5.41, 5.74) is 0.285. The molecule has 0 spiro atoms. The fraction of sp³-hybridized carbons (Fsp3) is 0.467. The van der Waals surface area contributed by atoms with E-state index in [1.54, 1.807) is 13.1 Å². The van der Waals surface area contributed by atoms with Crippen LogP contribution in [-0.4, -0.2) is 37.6 Å². The van der Waals surface area contributed by atoms with Crippen LogP contribution < -0.4 is 5.32 Å². The molecular formula is C15H20ClFN2O3. The number of hydrogen-bond donors (Lipinski definition) is 1. The van der Waals surface area contributed by atoms with E-state index in [4.69, 9.17) is 11.6 Å². The number of methoxy groups -OCH3 is 1. The molecule has 22 heavy (non-hydrogen) atoms. The van der Waals surface area contributed by atoms with Crippen LogP contribution >= 0.6 is 11.6 Å². The molecule has 0 saturated carbocycles. The minimum absolute atomic E-state index is 0.0828. The van der Waals surface area contributed by atoms with Gasteiger partial charge in [0.2, 0.25) is 0 Å². The Bertz CT molecular complexity index is 505. The van der Waals surface area contributed by atoms with E-state index in [1.807, 2.05) is 0 Å². The molecule has 0 fully saturated rings. The number of esters is 1. The highest BCUT2D eigenvalue weighted by Gasteiger charge is 2.13. The number of carbonyl (C=O) groups is 2. The maximum Gasteiger partial charge on any atom is 0.317 e. The molecule has 1 N–H and O–H groups in total. The van der Waals surface area contributed by atoms with Gasteiger partial charge < -0.3 is 15.0 Å². The quantitative estimate of drug-likeness (QED) is 0.617. The number of benzene rings is 1. The predicted octanol–water partition coefficient (Wildman–Crippen LogP) is 2.96. The number of ether oxygens (including phenoxy) is 1. The molecule has 5 nitrogen and oxygen atoms in total. The summed E-state index contributed by atoms with van der Waals surface area (Å²) in [7, 11) is 2.90. The first-order valence-corrected chi connectivity index (χ1v) is 7.32. The lowest BCUT2D eigenvalue weighted by atomic mass is 10.2. The fourth-order valence-corrected chi connectivity index (χ4v) is 2.04. The minimum Gasteiger partial charge on any atom is -0.469 e. The van der Waals surface area contributed by atoms with E-state index >= 15 is 0 Å². The van der Waals surface area contributed by atoms with Crippen molar-refractivity contribution >= 4 is 23.6 Å². The summed E-state index contributed by atoms with van der Waals surface area (Å²) >= 11 is 5.93. The average molecular weight is 331 g/mol. The summed E-state index contributed by atoms with van der Waals surface area (Å²) in [4.78, 5) is 24.2. The SMILES string of the molecule is COC(=O)CCCCNC(=O)N(C)Cc1c(F)cccc1Cl. The van der Waals surface area contributed by atoms with Gasteiger partial charge in [0.15, 0.2) is 0 Å². The maximum absolute atomic E-state index is 13.6. The van der Waals surface area contributed by atoms with Gasteiger partial charge in [-0.3, -0.25) is 4.79 Å². The van der Waals surface area contributed by atoms with E-state index in [0.29, 0.717) is 25.8 Å². The molecule has 0 aromatic heterocycles. The molecule has 0 bridgehead atoms. The number of carbonyl (C=O) groups excluding carboxylic acids is 2. The summed E-state index contributed by atoms with van der Waals surface area (Å²) in [6.07, 6.45) is 1.62. The van der Waals surface area contributed by atoms with Crippen LogP contribution in [0.1, 0.15) is 24.8 Å². The van der Waals surface area contributed by atoms with Gasteiger partial charge in [-0.1, -0.05) is 17.7 Å². The number of halogens is 2. The predicted molar refractivity (Wildman–Crippen MR) is 82.1 cm³/mol. The third-order valence-electron chi connectivity index (χ3n) is 3.12. The molecule has 0 atom stereocenters. The molecule has 7 heteroatoms. The van der Waals surface area contributed by atoms with Crippen LogP contribution in [0.15, 0.2) is 18.2 Å². The van der Waals surface area contributed by atoms with Gasteiger partial charge >= 0.3 is 12.0 Å². The lowest BCUT2D eigenvalue weighted by Crippen LogP contribution is -2.37. The first-order chi connectivity index (χ1) is 10.5. The molecule has 1 rings (SSSR count). The molecule has 0 aliphatic carbocycles. The Morgan fingerprint density at radius 3 is 2.73 bits per heavy atom. The molecule has 0 aliphatic rings. The molecule has 0 saturated heterocycles. The smallest absolute Gasteiger partial charge is 0.317 e. The topological polar surface area (TPSA) is 58.6 Å². The second kappa shape index (κ2) is 9.25. The molecule has 0 aliphatic heterocycles. The number of unbranched alkanes of at least 4 members (excludes halogenated alkanes) is 1. The number of urea groups is 1. The highest BCUT2D eigenvalue weighted by molar-refractivity contribution is 6.31.